The van der Waals surface area contributed by atoms with Crippen LogP contribution < -0.4 is 5.32 Å². The zero-order chi connectivity index (χ0) is 17.8. The third-order valence-electron chi connectivity index (χ3n) is 3.63. The predicted octanol–water partition coefficient (Wildman–Crippen LogP) is 2.49. The summed E-state index contributed by atoms with van der Waals surface area (Å²) in [6, 6.07) is 14.6. The number of hydrogen-bond donors (Lipinski definition) is 1. The van der Waals surface area contributed by atoms with Crippen molar-refractivity contribution in [3.05, 3.63) is 59.7 Å². The SMILES string of the molecule is CC(=O)c1ccccc1NC(=O)Cn1nnc(-c2ccc(C)cc2)n1. The highest BCUT2D eigenvalue weighted by atomic mass is 16.2. The molecule has 0 bridgehead atoms. The lowest BCUT2D eigenvalue weighted by Crippen LogP contribution is -2.21. The lowest BCUT2D eigenvalue weighted by atomic mass is 10.1. The van der Waals surface area contributed by atoms with Crippen LogP contribution in [-0.2, 0) is 11.3 Å². The van der Waals surface area contributed by atoms with Gasteiger partial charge in [0.05, 0.1) is 5.69 Å². The molecule has 0 aliphatic heterocycles. The fraction of sp³-hybridized carbons (Fsp3) is 0.167. The number of hydrogen-bond acceptors (Lipinski definition) is 5. The highest BCUT2D eigenvalue weighted by Gasteiger charge is 2.12. The maximum Gasteiger partial charge on any atom is 0.248 e. The summed E-state index contributed by atoms with van der Waals surface area (Å²) in [5.74, 6) is 0.00919. The number of Topliss-reactive ketones (excluding diaryl/α,β-unsaturated/α-hetero) is 1. The molecule has 0 aliphatic carbocycles. The minimum Gasteiger partial charge on any atom is -0.324 e. The number of anilines is 1. The van der Waals surface area contributed by atoms with Crippen LogP contribution in [0.1, 0.15) is 22.8 Å². The first kappa shape index (κ1) is 16.5. The van der Waals surface area contributed by atoms with Crippen LogP contribution in [0, 0.1) is 6.92 Å². The van der Waals surface area contributed by atoms with E-state index in [1.165, 1.54) is 11.7 Å². The largest absolute Gasteiger partial charge is 0.324 e. The first-order valence-electron chi connectivity index (χ1n) is 7.77. The average Bonchev–Trinajstić information content (AvgIpc) is 3.04. The van der Waals surface area contributed by atoms with Gasteiger partial charge in [0.25, 0.3) is 0 Å². The smallest absolute Gasteiger partial charge is 0.248 e. The summed E-state index contributed by atoms with van der Waals surface area (Å²) >= 11 is 0. The Kier molecular flexibility index (Phi) is 4.65. The Bertz CT molecular complexity index is 915. The van der Waals surface area contributed by atoms with Crippen LogP contribution in [0.5, 0.6) is 0 Å². The van der Waals surface area contributed by atoms with Gasteiger partial charge in [0, 0.05) is 11.1 Å². The fourth-order valence-corrected chi connectivity index (χ4v) is 2.35. The molecule has 2 aromatic carbocycles. The van der Waals surface area contributed by atoms with E-state index in [-0.39, 0.29) is 18.2 Å². The number of benzene rings is 2. The molecule has 25 heavy (non-hydrogen) atoms. The van der Waals surface area contributed by atoms with E-state index >= 15 is 0 Å². The van der Waals surface area contributed by atoms with Crippen molar-refractivity contribution in [1.82, 2.24) is 20.2 Å². The molecule has 0 atom stereocenters. The third kappa shape index (κ3) is 3.95. The molecule has 1 N–H and O–H groups in total. The molecule has 126 valence electrons. The Morgan fingerprint density at radius 2 is 1.80 bits per heavy atom. The lowest BCUT2D eigenvalue weighted by Gasteiger charge is -2.08. The number of ketones is 1. The van der Waals surface area contributed by atoms with E-state index in [1.807, 2.05) is 31.2 Å². The van der Waals surface area contributed by atoms with Crippen molar-refractivity contribution in [2.45, 2.75) is 20.4 Å². The van der Waals surface area contributed by atoms with Crippen molar-refractivity contribution >= 4 is 17.4 Å². The number of aromatic nitrogens is 4. The summed E-state index contributed by atoms with van der Waals surface area (Å²) in [5.41, 5.74) is 2.90. The zero-order valence-corrected chi connectivity index (χ0v) is 13.9. The Morgan fingerprint density at radius 1 is 1.08 bits per heavy atom. The molecule has 0 unspecified atom stereocenters. The second-order valence-electron chi connectivity index (χ2n) is 5.66. The van der Waals surface area contributed by atoms with Gasteiger partial charge in [0.2, 0.25) is 11.7 Å². The number of tetrazole rings is 1. The fourth-order valence-electron chi connectivity index (χ4n) is 2.35. The van der Waals surface area contributed by atoms with Crippen molar-refractivity contribution in [1.29, 1.82) is 0 Å². The Balaban J connectivity index is 1.70. The average molecular weight is 335 g/mol. The molecule has 1 amide bonds. The molecular formula is C18H17N5O2. The number of carbonyl (C=O) groups is 2. The molecule has 0 radical (unpaired) electrons. The standard InChI is InChI=1S/C18H17N5O2/c1-12-7-9-14(10-8-12)18-20-22-23(21-18)11-17(25)19-16-6-4-3-5-15(16)13(2)24/h3-10H,11H2,1-2H3,(H,19,25). The van der Waals surface area contributed by atoms with Crippen molar-refractivity contribution in [3.8, 4) is 11.4 Å². The number of aryl methyl sites for hydroxylation is 1. The molecule has 1 heterocycles. The van der Waals surface area contributed by atoms with Crippen LogP contribution >= 0.6 is 0 Å². The van der Waals surface area contributed by atoms with Gasteiger partial charge in [0.15, 0.2) is 5.78 Å². The van der Waals surface area contributed by atoms with Crippen molar-refractivity contribution < 1.29 is 9.59 Å². The molecule has 0 saturated carbocycles. The summed E-state index contributed by atoms with van der Waals surface area (Å²) in [6.45, 7) is 3.36. The van der Waals surface area contributed by atoms with Crippen LogP contribution in [-0.4, -0.2) is 31.9 Å². The summed E-state index contributed by atoms with van der Waals surface area (Å²) in [5, 5.41) is 14.8. The van der Waals surface area contributed by atoms with Gasteiger partial charge in [-0.25, -0.2) is 0 Å². The topological polar surface area (TPSA) is 89.8 Å². The first-order valence-corrected chi connectivity index (χ1v) is 7.77. The molecule has 1 aromatic heterocycles. The van der Waals surface area contributed by atoms with E-state index < -0.39 is 0 Å². The quantitative estimate of drug-likeness (QED) is 0.724. The van der Waals surface area contributed by atoms with E-state index in [2.05, 4.69) is 20.7 Å². The highest BCUT2D eigenvalue weighted by molar-refractivity contribution is 6.03. The molecule has 7 nitrogen and oxygen atoms in total. The normalized spacial score (nSPS) is 10.5. The highest BCUT2D eigenvalue weighted by Crippen LogP contribution is 2.16. The van der Waals surface area contributed by atoms with Gasteiger partial charge < -0.3 is 5.32 Å². The second kappa shape index (κ2) is 7.04. The van der Waals surface area contributed by atoms with E-state index in [0.29, 0.717) is 17.1 Å². The third-order valence-corrected chi connectivity index (χ3v) is 3.63. The molecule has 3 rings (SSSR count). The summed E-state index contributed by atoms with van der Waals surface area (Å²) in [6.07, 6.45) is 0. The molecule has 0 fully saturated rings. The van der Waals surface area contributed by atoms with E-state index in [4.69, 9.17) is 0 Å². The molecule has 7 heteroatoms. The number of nitrogens with one attached hydrogen (secondary N) is 1. The molecule has 0 aliphatic rings. The lowest BCUT2D eigenvalue weighted by molar-refractivity contribution is -0.117. The van der Waals surface area contributed by atoms with E-state index in [1.54, 1.807) is 24.3 Å². The first-order chi connectivity index (χ1) is 12.0. The molecule has 3 aromatic rings. The minimum absolute atomic E-state index is 0.0922. The van der Waals surface area contributed by atoms with Gasteiger partial charge >= 0.3 is 0 Å². The van der Waals surface area contributed by atoms with Gasteiger partial charge in [-0.15, -0.1) is 10.2 Å². The van der Waals surface area contributed by atoms with E-state index in [9.17, 15) is 9.59 Å². The zero-order valence-electron chi connectivity index (χ0n) is 13.9. The van der Waals surface area contributed by atoms with Gasteiger partial charge in [-0.3, -0.25) is 9.59 Å². The number of amides is 1. The van der Waals surface area contributed by atoms with Crippen LogP contribution in [0.4, 0.5) is 5.69 Å². The Hall–Kier alpha value is -3.35. The number of carbonyl (C=O) groups excluding carboxylic acids is 2. The monoisotopic (exact) mass is 335 g/mol. The van der Waals surface area contributed by atoms with Crippen LogP contribution in [0.2, 0.25) is 0 Å². The van der Waals surface area contributed by atoms with E-state index in [0.717, 1.165) is 11.1 Å². The summed E-state index contributed by atoms with van der Waals surface area (Å²) in [7, 11) is 0. The number of para-hydroxylation sites is 1. The van der Waals surface area contributed by atoms with Crippen molar-refractivity contribution in [3.63, 3.8) is 0 Å². The van der Waals surface area contributed by atoms with Crippen LogP contribution in [0.25, 0.3) is 11.4 Å². The second-order valence-corrected chi connectivity index (χ2v) is 5.66. The number of nitrogens with zero attached hydrogens (tertiary/aromatic N) is 4. The molecule has 0 saturated heterocycles. The predicted molar refractivity (Wildman–Crippen MR) is 93.1 cm³/mol. The summed E-state index contributed by atoms with van der Waals surface area (Å²) < 4.78 is 0. The maximum absolute atomic E-state index is 12.2. The molecule has 0 spiro atoms. The van der Waals surface area contributed by atoms with Crippen molar-refractivity contribution in [2.24, 2.45) is 0 Å². The van der Waals surface area contributed by atoms with Crippen molar-refractivity contribution in [2.75, 3.05) is 5.32 Å². The van der Waals surface area contributed by atoms with Gasteiger partial charge in [-0.05, 0) is 31.2 Å². The van der Waals surface area contributed by atoms with Gasteiger partial charge in [0.1, 0.15) is 6.54 Å². The number of rotatable bonds is 5. The maximum atomic E-state index is 12.2. The summed E-state index contributed by atoms with van der Waals surface area (Å²) in [4.78, 5) is 25.0. The van der Waals surface area contributed by atoms with Gasteiger partial charge in [-0.2, -0.15) is 4.80 Å². The minimum atomic E-state index is -0.332. The molecular weight excluding hydrogens is 318 g/mol. The Morgan fingerprint density at radius 3 is 2.52 bits per heavy atom. The Labute approximate surface area is 144 Å². The van der Waals surface area contributed by atoms with Crippen LogP contribution in [0.3, 0.4) is 0 Å². The van der Waals surface area contributed by atoms with Crippen LogP contribution in [0.15, 0.2) is 48.5 Å². The van der Waals surface area contributed by atoms with Gasteiger partial charge in [-0.1, -0.05) is 42.0 Å².